The van der Waals surface area contributed by atoms with Crippen molar-refractivity contribution in [3.8, 4) is 0 Å². The fraction of sp³-hybridized carbons (Fsp3) is 0.111. The van der Waals surface area contributed by atoms with Gasteiger partial charge in [0.2, 0.25) is 0 Å². The van der Waals surface area contributed by atoms with E-state index < -0.39 is 0 Å². The minimum Gasteiger partial charge on any atom is -0.358 e. The van der Waals surface area contributed by atoms with E-state index in [1.54, 1.807) is 6.08 Å². The third-order valence-electron chi connectivity index (χ3n) is 1.48. The number of hydrogen-bond donors (Lipinski definition) is 2. The molecule has 0 radical (unpaired) electrons. The highest BCUT2D eigenvalue weighted by Crippen LogP contribution is 1.96. The molecule has 11 heavy (non-hydrogen) atoms. The van der Waals surface area contributed by atoms with Crippen LogP contribution in [-0.2, 0) is 0 Å². The highest BCUT2D eigenvalue weighted by Gasteiger charge is 1.91. The predicted molar refractivity (Wildman–Crippen MR) is 52.9 cm³/mol. The number of aryl methyl sites for hydroxylation is 1. The summed E-state index contributed by atoms with van der Waals surface area (Å²) in [5.41, 5.74) is 1.10. The Labute approximate surface area is 71.6 Å². The predicted octanol–water partition coefficient (Wildman–Crippen LogP) is 0.957. The Morgan fingerprint density at radius 1 is 1.73 bits per heavy atom. The van der Waals surface area contributed by atoms with Gasteiger partial charge in [-0.1, -0.05) is 19.2 Å². The first kappa shape index (κ1) is 8.21. The van der Waals surface area contributed by atoms with Crippen molar-refractivity contribution in [3.05, 3.63) is 35.0 Å². The Balaban J connectivity index is 3.58. The van der Waals surface area contributed by atoms with Gasteiger partial charge in [-0.3, -0.25) is 0 Å². The van der Waals surface area contributed by atoms with Crippen LogP contribution < -0.4 is 10.6 Å². The third kappa shape index (κ3) is 1.57. The molecule has 0 aliphatic carbocycles. The van der Waals surface area contributed by atoms with Gasteiger partial charge in [-0.05, 0) is 18.2 Å². The van der Waals surface area contributed by atoms with E-state index in [1.165, 1.54) is 0 Å². The number of rotatable bonds is 1. The van der Waals surface area contributed by atoms with Crippen molar-refractivity contribution in [3.63, 3.8) is 0 Å². The van der Waals surface area contributed by atoms with Gasteiger partial charge in [0.05, 0.1) is 5.35 Å². The van der Waals surface area contributed by atoms with E-state index in [4.69, 9.17) is 0 Å². The van der Waals surface area contributed by atoms with Crippen molar-refractivity contribution >= 4 is 24.1 Å². The van der Waals surface area contributed by atoms with Gasteiger partial charge < -0.3 is 4.98 Å². The second-order valence-corrected chi connectivity index (χ2v) is 2.92. The number of aromatic nitrogens is 1. The first-order chi connectivity index (χ1) is 5.15. The number of thiol groups is 1. The van der Waals surface area contributed by atoms with E-state index in [-0.39, 0.29) is 0 Å². The van der Waals surface area contributed by atoms with E-state index in [0.717, 1.165) is 21.2 Å². The maximum atomic E-state index is 4.23. The molecule has 1 aromatic heterocycles. The molecule has 0 aliphatic heterocycles. The summed E-state index contributed by atoms with van der Waals surface area (Å²) in [6, 6.07) is 1.98. The Bertz CT molecular complexity index is 373. The third-order valence-corrected chi connectivity index (χ3v) is 1.89. The van der Waals surface area contributed by atoms with Crippen LogP contribution in [0.1, 0.15) is 5.69 Å². The van der Waals surface area contributed by atoms with Gasteiger partial charge in [-0.25, -0.2) is 0 Å². The fourth-order valence-corrected chi connectivity index (χ4v) is 1.18. The summed E-state index contributed by atoms with van der Waals surface area (Å²) in [6.07, 6.45) is 1.70. The molecule has 0 amide bonds. The fourth-order valence-electron chi connectivity index (χ4n) is 0.978. The van der Waals surface area contributed by atoms with Gasteiger partial charge >= 0.3 is 0 Å². The van der Waals surface area contributed by atoms with Gasteiger partial charge in [0.15, 0.2) is 0 Å². The standard InChI is InChI=1S/C9H11NS/c1-4-8(11)9-6(2)5-7(3)10-9/h4-5,10-11H,1-2H2,3H3/b9-8-. The zero-order chi connectivity index (χ0) is 8.43. The zero-order valence-corrected chi connectivity index (χ0v) is 7.41. The van der Waals surface area contributed by atoms with E-state index in [2.05, 4.69) is 30.8 Å². The summed E-state index contributed by atoms with van der Waals surface area (Å²) < 4.78 is 0. The molecule has 1 rings (SSSR count). The molecular formula is C9H11NS. The molecule has 1 nitrogen and oxygen atoms in total. The number of hydrogen-bond acceptors (Lipinski definition) is 1. The zero-order valence-electron chi connectivity index (χ0n) is 6.52. The lowest BCUT2D eigenvalue weighted by Crippen LogP contribution is -2.21. The molecule has 0 unspecified atom stereocenters. The van der Waals surface area contributed by atoms with Gasteiger partial charge in [0, 0.05) is 10.6 Å². The van der Waals surface area contributed by atoms with E-state index in [0.29, 0.717) is 0 Å². The second kappa shape index (κ2) is 3.01. The topological polar surface area (TPSA) is 15.8 Å². The van der Waals surface area contributed by atoms with E-state index in [1.807, 2.05) is 13.0 Å². The molecule has 2 heteroatoms. The van der Waals surface area contributed by atoms with Crippen LogP contribution in [0.15, 0.2) is 18.7 Å². The van der Waals surface area contributed by atoms with Crippen LogP contribution in [0.5, 0.6) is 0 Å². The minimum absolute atomic E-state index is 0.836. The second-order valence-electron chi connectivity index (χ2n) is 2.44. The SMILES string of the molecule is C=C/C(S)=c1/[nH]c(C)cc1=C. The van der Waals surface area contributed by atoms with Crippen molar-refractivity contribution in [2.24, 2.45) is 0 Å². The molecule has 0 bridgehead atoms. The van der Waals surface area contributed by atoms with Crippen LogP contribution in [0, 0.1) is 6.92 Å². The van der Waals surface area contributed by atoms with Crippen molar-refractivity contribution in [1.29, 1.82) is 0 Å². The maximum Gasteiger partial charge on any atom is 0.0585 e. The average Bonchev–Trinajstić information content (AvgIpc) is 2.28. The first-order valence-electron chi connectivity index (χ1n) is 3.35. The van der Waals surface area contributed by atoms with Crippen LogP contribution in [0.3, 0.4) is 0 Å². The lowest BCUT2D eigenvalue weighted by molar-refractivity contribution is 1.22. The molecule has 0 saturated carbocycles. The quantitative estimate of drug-likeness (QED) is 0.576. The molecule has 0 aromatic carbocycles. The molecule has 58 valence electrons. The molecular weight excluding hydrogens is 154 g/mol. The summed E-state index contributed by atoms with van der Waals surface area (Å²) in [5, 5.41) is 1.92. The molecule has 0 atom stereocenters. The van der Waals surface area contributed by atoms with Crippen LogP contribution in [0.4, 0.5) is 0 Å². The van der Waals surface area contributed by atoms with Crippen molar-refractivity contribution in [2.45, 2.75) is 6.92 Å². The monoisotopic (exact) mass is 165 g/mol. The van der Waals surface area contributed by atoms with Gasteiger partial charge in [-0.2, -0.15) is 0 Å². The number of aromatic amines is 1. The lowest BCUT2D eigenvalue weighted by Gasteiger charge is -1.85. The van der Waals surface area contributed by atoms with E-state index >= 15 is 0 Å². The molecule has 0 fully saturated rings. The lowest BCUT2D eigenvalue weighted by atomic mass is 10.4. The van der Waals surface area contributed by atoms with Gasteiger partial charge in [0.25, 0.3) is 0 Å². The maximum absolute atomic E-state index is 4.23. The molecule has 1 N–H and O–H groups in total. The molecule has 0 aliphatic rings. The number of H-pyrrole nitrogens is 1. The van der Waals surface area contributed by atoms with Gasteiger partial charge in [-0.15, -0.1) is 12.6 Å². The highest BCUT2D eigenvalue weighted by molar-refractivity contribution is 7.90. The van der Waals surface area contributed by atoms with Crippen molar-refractivity contribution in [1.82, 2.24) is 4.98 Å². The molecule has 1 aromatic rings. The summed E-state index contributed by atoms with van der Waals surface area (Å²) in [7, 11) is 0. The normalized spacial score (nSPS) is 12.9. The Hall–Kier alpha value is -0.890. The summed E-state index contributed by atoms with van der Waals surface area (Å²) >= 11 is 4.23. The number of nitrogens with one attached hydrogen (secondary N) is 1. The Kier molecular flexibility index (Phi) is 2.25. The van der Waals surface area contributed by atoms with Crippen LogP contribution in [-0.4, -0.2) is 4.98 Å². The largest absolute Gasteiger partial charge is 0.358 e. The van der Waals surface area contributed by atoms with Crippen LogP contribution in [0.2, 0.25) is 0 Å². The first-order valence-corrected chi connectivity index (χ1v) is 3.80. The Morgan fingerprint density at radius 2 is 2.36 bits per heavy atom. The summed E-state index contributed by atoms with van der Waals surface area (Å²) in [4.78, 5) is 3.98. The van der Waals surface area contributed by atoms with Gasteiger partial charge in [0.1, 0.15) is 0 Å². The average molecular weight is 165 g/mol. The summed E-state index contributed by atoms with van der Waals surface area (Å²) in [5.74, 6) is 0. The molecule has 0 spiro atoms. The van der Waals surface area contributed by atoms with Crippen LogP contribution >= 0.6 is 12.6 Å². The van der Waals surface area contributed by atoms with Crippen LogP contribution in [0.25, 0.3) is 11.5 Å². The molecule has 1 heterocycles. The highest BCUT2D eigenvalue weighted by atomic mass is 32.1. The molecule has 0 saturated heterocycles. The summed E-state index contributed by atoms with van der Waals surface area (Å²) in [6.45, 7) is 9.48. The Morgan fingerprint density at radius 3 is 2.73 bits per heavy atom. The van der Waals surface area contributed by atoms with Crippen molar-refractivity contribution < 1.29 is 0 Å². The van der Waals surface area contributed by atoms with Crippen molar-refractivity contribution in [2.75, 3.05) is 0 Å². The van der Waals surface area contributed by atoms with E-state index in [9.17, 15) is 0 Å². The minimum atomic E-state index is 0.836. The smallest absolute Gasteiger partial charge is 0.0585 e.